The summed E-state index contributed by atoms with van der Waals surface area (Å²) >= 11 is 0. The Morgan fingerprint density at radius 2 is 1.93 bits per heavy atom. The molecule has 0 radical (unpaired) electrons. The van der Waals surface area contributed by atoms with Crippen LogP contribution in [-0.4, -0.2) is 41.5 Å². The van der Waals surface area contributed by atoms with Gasteiger partial charge in [-0.2, -0.15) is 0 Å². The van der Waals surface area contributed by atoms with Crippen LogP contribution in [0.1, 0.15) is 12.0 Å². The van der Waals surface area contributed by atoms with Crippen molar-refractivity contribution in [3.05, 3.63) is 53.6 Å². The van der Waals surface area contributed by atoms with Crippen molar-refractivity contribution in [3.63, 3.8) is 0 Å². The van der Waals surface area contributed by atoms with Gasteiger partial charge in [-0.15, -0.1) is 0 Å². The average Bonchev–Trinajstić information content (AvgIpc) is 2.90. The second-order valence-corrected chi connectivity index (χ2v) is 6.88. The Kier molecular flexibility index (Phi) is 4.62. The number of carbonyl (C=O) groups excluding carboxylic acids is 2. The number of amides is 2. The highest BCUT2D eigenvalue weighted by Crippen LogP contribution is 2.32. The maximum Gasteiger partial charge on any atom is 0.228 e. The van der Waals surface area contributed by atoms with E-state index in [0.29, 0.717) is 12.3 Å². The SMILES string of the molecule is O=C(C1CC(=O)N(c2c(F)cccc2F)C1)N1CCOc2cc(O)ccc2C1. The lowest BCUT2D eigenvalue weighted by Gasteiger charge is -2.23. The Hall–Kier alpha value is -3.16. The van der Waals surface area contributed by atoms with Gasteiger partial charge in [0, 0.05) is 31.1 Å². The minimum atomic E-state index is -0.835. The molecular formula is C20H18F2N2O4. The predicted molar refractivity (Wildman–Crippen MR) is 95.8 cm³/mol. The van der Waals surface area contributed by atoms with Gasteiger partial charge in [-0.05, 0) is 24.3 Å². The second kappa shape index (κ2) is 7.10. The zero-order valence-electron chi connectivity index (χ0n) is 14.9. The molecule has 0 aromatic heterocycles. The maximum atomic E-state index is 14.0. The monoisotopic (exact) mass is 388 g/mol. The summed E-state index contributed by atoms with van der Waals surface area (Å²) in [6.07, 6.45) is -0.105. The molecule has 1 unspecified atom stereocenters. The summed E-state index contributed by atoms with van der Waals surface area (Å²) in [5.74, 6) is -2.53. The molecular weight excluding hydrogens is 370 g/mol. The number of benzene rings is 2. The molecule has 0 aliphatic carbocycles. The number of phenols is 1. The number of hydrogen-bond donors (Lipinski definition) is 1. The van der Waals surface area contributed by atoms with E-state index < -0.39 is 29.1 Å². The number of hydrogen-bond acceptors (Lipinski definition) is 4. The minimum Gasteiger partial charge on any atom is -0.508 e. The smallest absolute Gasteiger partial charge is 0.228 e. The summed E-state index contributed by atoms with van der Waals surface area (Å²) in [7, 11) is 0. The Morgan fingerprint density at radius 1 is 1.18 bits per heavy atom. The first kappa shape index (κ1) is 18.2. The summed E-state index contributed by atoms with van der Waals surface area (Å²) < 4.78 is 33.7. The molecule has 0 saturated carbocycles. The Balaban J connectivity index is 1.53. The molecule has 0 spiro atoms. The summed E-state index contributed by atoms with van der Waals surface area (Å²) in [5, 5.41) is 9.57. The van der Waals surface area contributed by atoms with Crippen LogP contribution >= 0.6 is 0 Å². The number of rotatable bonds is 2. The molecule has 1 atom stereocenters. The molecule has 1 N–H and O–H groups in total. The number of carbonyl (C=O) groups is 2. The molecule has 0 bridgehead atoms. The van der Waals surface area contributed by atoms with E-state index >= 15 is 0 Å². The zero-order chi connectivity index (χ0) is 19.8. The van der Waals surface area contributed by atoms with Crippen molar-refractivity contribution < 1.29 is 28.2 Å². The van der Waals surface area contributed by atoms with E-state index in [2.05, 4.69) is 0 Å². The van der Waals surface area contributed by atoms with Crippen LogP contribution < -0.4 is 9.64 Å². The summed E-state index contributed by atoms with van der Waals surface area (Å²) in [5.41, 5.74) is 0.327. The van der Waals surface area contributed by atoms with E-state index in [4.69, 9.17) is 4.74 Å². The Bertz CT molecular complexity index is 930. The third-order valence-electron chi connectivity index (χ3n) is 5.02. The molecule has 1 saturated heterocycles. The Labute approximate surface area is 159 Å². The van der Waals surface area contributed by atoms with Crippen molar-refractivity contribution in [3.8, 4) is 11.5 Å². The molecule has 4 rings (SSSR count). The van der Waals surface area contributed by atoms with Crippen LogP contribution in [0, 0.1) is 17.6 Å². The van der Waals surface area contributed by atoms with Crippen molar-refractivity contribution in [2.45, 2.75) is 13.0 Å². The lowest BCUT2D eigenvalue weighted by Crippen LogP contribution is -2.38. The van der Waals surface area contributed by atoms with Gasteiger partial charge in [0.25, 0.3) is 0 Å². The van der Waals surface area contributed by atoms with E-state index in [1.807, 2.05) is 0 Å². The van der Waals surface area contributed by atoms with E-state index in [-0.39, 0.29) is 37.8 Å². The van der Waals surface area contributed by atoms with Crippen LogP contribution in [0.15, 0.2) is 36.4 Å². The van der Waals surface area contributed by atoms with Crippen LogP contribution in [0.5, 0.6) is 11.5 Å². The number of halogens is 2. The highest BCUT2D eigenvalue weighted by atomic mass is 19.1. The van der Waals surface area contributed by atoms with Gasteiger partial charge in [-0.3, -0.25) is 9.59 Å². The average molecular weight is 388 g/mol. The van der Waals surface area contributed by atoms with Gasteiger partial charge in [0.15, 0.2) is 0 Å². The van der Waals surface area contributed by atoms with Gasteiger partial charge in [0.2, 0.25) is 11.8 Å². The summed E-state index contributed by atoms with van der Waals surface area (Å²) in [6.45, 7) is 0.754. The van der Waals surface area contributed by atoms with E-state index in [9.17, 15) is 23.5 Å². The molecule has 2 aliphatic rings. The first-order valence-electron chi connectivity index (χ1n) is 8.92. The first-order valence-corrected chi connectivity index (χ1v) is 8.92. The fourth-order valence-electron chi connectivity index (χ4n) is 3.64. The maximum absolute atomic E-state index is 14.0. The largest absolute Gasteiger partial charge is 0.508 e. The number of ether oxygens (including phenoxy) is 1. The number of para-hydroxylation sites is 1. The molecule has 6 nitrogen and oxygen atoms in total. The molecule has 1 fully saturated rings. The van der Waals surface area contributed by atoms with Crippen LogP contribution in [0.2, 0.25) is 0 Å². The Morgan fingerprint density at radius 3 is 2.68 bits per heavy atom. The lowest BCUT2D eigenvalue weighted by atomic mass is 10.1. The van der Waals surface area contributed by atoms with Crippen LogP contribution in [-0.2, 0) is 16.1 Å². The molecule has 2 amide bonds. The fourth-order valence-corrected chi connectivity index (χ4v) is 3.64. The van der Waals surface area contributed by atoms with Crippen molar-refractivity contribution in [2.24, 2.45) is 5.92 Å². The van der Waals surface area contributed by atoms with Crippen molar-refractivity contribution in [2.75, 3.05) is 24.6 Å². The molecule has 8 heteroatoms. The standard InChI is InChI=1S/C20H18F2N2O4/c21-15-2-1-3-16(22)19(15)24-11-13(8-18(24)26)20(27)23-6-7-28-17-9-14(25)5-4-12(17)10-23/h1-5,9,13,25H,6-8,10-11H2. The molecule has 2 heterocycles. The molecule has 2 aromatic carbocycles. The van der Waals surface area contributed by atoms with Gasteiger partial charge in [-0.1, -0.05) is 6.07 Å². The predicted octanol–water partition coefficient (Wildman–Crippen LogP) is 2.44. The minimum absolute atomic E-state index is 0.0717. The van der Waals surface area contributed by atoms with E-state index in [1.54, 1.807) is 11.0 Å². The number of aromatic hydroxyl groups is 1. The lowest BCUT2D eigenvalue weighted by molar-refractivity contribution is -0.136. The fraction of sp³-hybridized carbons (Fsp3) is 0.300. The third kappa shape index (κ3) is 3.26. The molecule has 146 valence electrons. The topological polar surface area (TPSA) is 70.1 Å². The summed E-state index contributed by atoms with van der Waals surface area (Å²) in [6, 6.07) is 8.07. The number of nitrogens with zero attached hydrogens (tertiary/aromatic N) is 2. The van der Waals surface area contributed by atoms with Crippen molar-refractivity contribution in [1.82, 2.24) is 4.90 Å². The van der Waals surface area contributed by atoms with Crippen LogP contribution in [0.4, 0.5) is 14.5 Å². The highest BCUT2D eigenvalue weighted by molar-refractivity contribution is 6.00. The van der Waals surface area contributed by atoms with E-state index in [0.717, 1.165) is 22.6 Å². The molecule has 2 aliphatic heterocycles. The van der Waals surface area contributed by atoms with Gasteiger partial charge in [0.05, 0.1) is 12.5 Å². The highest BCUT2D eigenvalue weighted by Gasteiger charge is 2.39. The van der Waals surface area contributed by atoms with Crippen molar-refractivity contribution in [1.29, 1.82) is 0 Å². The third-order valence-corrected chi connectivity index (χ3v) is 5.02. The van der Waals surface area contributed by atoms with Crippen LogP contribution in [0.25, 0.3) is 0 Å². The quantitative estimate of drug-likeness (QED) is 0.858. The van der Waals surface area contributed by atoms with Gasteiger partial charge in [-0.25, -0.2) is 8.78 Å². The number of phenolic OH excluding ortho intramolecular Hbond substituents is 1. The van der Waals surface area contributed by atoms with Crippen LogP contribution in [0.3, 0.4) is 0 Å². The molecule has 28 heavy (non-hydrogen) atoms. The van der Waals surface area contributed by atoms with Gasteiger partial charge < -0.3 is 19.6 Å². The summed E-state index contributed by atoms with van der Waals surface area (Å²) in [4.78, 5) is 27.9. The van der Waals surface area contributed by atoms with Gasteiger partial charge >= 0.3 is 0 Å². The first-order chi connectivity index (χ1) is 13.4. The van der Waals surface area contributed by atoms with Crippen molar-refractivity contribution >= 4 is 17.5 Å². The van der Waals surface area contributed by atoms with Gasteiger partial charge in [0.1, 0.15) is 35.4 Å². The number of anilines is 1. The van der Waals surface area contributed by atoms with E-state index in [1.165, 1.54) is 18.2 Å². The zero-order valence-corrected chi connectivity index (χ0v) is 14.9. The normalized spacial score (nSPS) is 19.2. The number of fused-ring (bicyclic) bond motifs is 1. The molecule has 2 aromatic rings. The second-order valence-electron chi connectivity index (χ2n) is 6.88.